The lowest BCUT2D eigenvalue weighted by molar-refractivity contribution is -0.129. The predicted molar refractivity (Wildman–Crippen MR) is 240 cm³/mol. The lowest BCUT2D eigenvalue weighted by Gasteiger charge is -2.17. The van der Waals surface area contributed by atoms with Crippen molar-refractivity contribution < 1.29 is 9.59 Å². The number of carbonyl (C=O) groups is 2. The van der Waals surface area contributed by atoms with Crippen molar-refractivity contribution in [1.29, 1.82) is 0 Å². The Hall–Kier alpha value is -1.32. The SMILES string of the molecule is CCCCCCCC/C=C\CCCCCCCCC(CCCCCCC(C)CCCCCCCC)C(=O)NCC(=O)NCCCCCCCCCCCC. The molecule has 2 amide bonds. The number of allylic oxidation sites excluding steroid dienone is 2. The highest BCUT2D eigenvalue weighted by molar-refractivity contribution is 5.85. The average molecular weight is 759 g/mol. The predicted octanol–water partition coefficient (Wildman–Crippen LogP) is 15.9. The van der Waals surface area contributed by atoms with Gasteiger partial charge in [0.2, 0.25) is 11.8 Å². The van der Waals surface area contributed by atoms with Crippen molar-refractivity contribution in [2.45, 2.75) is 272 Å². The van der Waals surface area contributed by atoms with Crippen LogP contribution in [0.25, 0.3) is 0 Å². The Morgan fingerprint density at radius 3 is 1.15 bits per heavy atom. The van der Waals surface area contributed by atoms with Gasteiger partial charge in [-0.25, -0.2) is 0 Å². The number of hydrogen-bond donors (Lipinski definition) is 2. The molecule has 0 aliphatic rings. The maximum Gasteiger partial charge on any atom is 0.239 e. The van der Waals surface area contributed by atoms with Crippen LogP contribution in [0.1, 0.15) is 272 Å². The molecule has 0 saturated carbocycles. The number of nitrogens with one attached hydrogen (secondary N) is 2. The Balaban J connectivity index is 4.30. The first-order chi connectivity index (χ1) is 26.5. The molecule has 0 aliphatic heterocycles. The molecule has 4 nitrogen and oxygen atoms in total. The van der Waals surface area contributed by atoms with Crippen LogP contribution in [0.4, 0.5) is 0 Å². The molecular formula is C50H98N2O2. The normalized spacial score (nSPS) is 12.7. The molecule has 0 aromatic rings. The Labute approximate surface area is 339 Å². The van der Waals surface area contributed by atoms with E-state index in [0.29, 0.717) is 0 Å². The highest BCUT2D eigenvalue weighted by atomic mass is 16.2. The van der Waals surface area contributed by atoms with Crippen molar-refractivity contribution >= 4 is 11.8 Å². The molecule has 0 spiro atoms. The summed E-state index contributed by atoms with van der Waals surface area (Å²) in [5, 5.41) is 6.07. The first-order valence-electron chi connectivity index (χ1n) is 24.7. The summed E-state index contributed by atoms with van der Waals surface area (Å²) >= 11 is 0. The van der Waals surface area contributed by atoms with Gasteiger partial charge in [-0.2, -0.15) is 0 Å². The van der Waals surface area contributed by atoms with Gasteiger partial charge in [-0.05, 0) is 50.9 Å². The highest BCUT2D eigenvalue weighted by Crippen LogP contribution is 2.22. The summed E-state index contributed by atoms with van der Waals surface area (Å²) in [5.74, 6) is 0.954. The van der Waals surface area contributed by atoms with E-state index in [9.17, 15) is 9.59 Å². The van der Waals surface area contributed by atoms with Crippen LogP contribution in [0.15, 0.2) is 12.2 Å². The van der Waals surface area contributed by atoms with Gasteiger partial charge in [0.05, 0.1) is 6.54 Å². The average Bonchev–Trinajstić information content (AvgIpc) is 3.17. The van der Waals surface area contributed by atoms with Crippen molar-refractivity contribution in [3.05, 3.63) is 12.2 Å². The summed E-state index contributed by atoms with van der Waals surface area (Å²) in [6.07, 6.45) is 54.0. The van der Waals surface area contributed by atoms with E-state index in [0.717, 1.165) is 44.6 Å². The van der Waals surface area contributed by atoms with Gasteiger partial charge in [0.25, 0.3) is 0 Å². The second-order valence-electron chi connectivity index (χ2n) is 17.3. The van der Waals surface area contributed by atoms with Crippen molar-refractivity contribution in [3.63, 3.8) is 0 Å². The Morgan fingerprint density at radius 2 is 0.741 bits per heavy atom. The monoisotopic (exact) mass is 759 g/mol. The van der Waals surface area contributed by atoms with Crippen LogP contribution in [0, 0.1) is 11.8 Å². The standard InChI is InChI=1S/C50H98N2O2/c1-5-8-11-14-17-19-21-22-23-24-25-26-27-29-32-38-43-48(44-39-34-33-37-42-47(4)41-36-31-16-13-10-7-3)50(54)52-46-49(53)51-45-40-35-30-28-20-18-15-12-9-6-2/h22-23,47-48H,5-21,24-46H2,1-4H3,(H,51,53)(H,52,54)/b23-22-. The molecule has 0 rings (SSSR count). The zero-order valence-electron chi connectivity index (χ0n) is 37.4. The third-order valence-electron chi connectivity index (χ3n) is 11.8. The molecular weight excluding hydrogens is 661 g/mol. The number of carbonyl (C=O) groups excluding carboxylic acids is 2. The smallest absolute Gasteiger partial charge is 0.239 e. The van der Waals surface area contributed by atoms with Crippen LogP contribution in [-0.4, -0.2) is 24.9 Å². The van der Waals surface area contributed by atoms with E-state index in [1.807, 2.05) is 0 Å². The zero-order valence-corrected chi connectivity index (χ0v) is 37.4. The van der Waals surface area contributed by atoms with Crippen molar-refractivity contribution in [2.75, 3.05) is 13.1 Å². The fourth-order valence-electron chi connectivity index (χ4n) is 7.91. The Bertz CT molecular complexity index is 795. The van der Waals surface area contributed by atoms with Gasteiger partial charge in [0.15, 0.2) is 0 Å². The zero-order chi connectivity index (χ0) is 39.4. The van der Waals surface area contributed by atoms with E-state index in [1.165, 1.54) is 212 Å². The van der Waals surface area contributed by atoms with Crippen LogP contribution in [0.2, 0.25) is 0 Å². The largest absolute Gasteiger partial charge is 0.355 e. The summed E-state index contributed by atoms with van der Waals surface area (Å²) in [6.45, 7) is 10.1. The second-order valence-corrected chi connectivity index (χ2v) is 17.3. The number of unbranched alkanes of at least 4 members (excludes halogenated alkanes) is 29. The van der Waals surface area contributed by atoms with Gasteiger partial charge >= 0.3 is 0 Å². The molecule has 0 aliphatic carbocycles. The van der Waals surface area contributed by atoms with E-state index in [1.54, 1.807) is 0 Å². The molecule has 4 heteroatoms. The van der Waals surface area contributed by atoms with Crippen LogP contribution in [0.3, 0.4) is 0 Å². The third-order valence-corrected chi connectivity index (χ3v) is 11.8. The second kappa shape index (κ2) is 44.4. The van der Waals surface area contributed by atoms with Crippen LogP contribution < -0.4 is 10.6 Å². The lowest BCUT2D eigenvalue weighted by Crippen LogP contribution is -2.40. The van der Waals surface area contributed by atoms with Gasteiger partial charge in [0, 0.05) is 12.5 Å². The van der Waals surface area contributed by atoms with E-state index in [-0.39, 0.29) is 24.3 Å². The van der Waals surface area contributed by atoms with Crippen molar-refractivity contribution in [2.24, 2.45) is 11.8 Å². The summed E-state index contributed by atoms with van der Waals surface area (Å²) in [6, 6.07) is 0. The summed E-state index contributed by atoms with van der Waals surface area (Å²) in [5.41, 5.74) is 0. The molecule has 2 atom stereocenters. The quantitative estimate of drug-likeness (QED) is 0.0480. The maximum atomic E-state index is 13.3. The van der Waals surface area contributed by atoms with E-state index in [2.05, 4.69) is 50.5 Å². The molecule has 320 valence electrons. The molecule has 0 saturated heterocycles. The Kier molecular flexibility index (Phi) is 43.3. The van der Waals surface area contributed by atoms with Gasteiger partial charge < -0.3 is 10.6 Å². The molecule has 54 heavy (non-hydrogen) atoms. The van der Waals surface area contributed by atoms with Gasteiger partial charge in [0.1, 0.15) is 0 Å². The minimum atomic E-state index is -0.0367. The van der Waals surface area contributed by atoms with E-state index < -0.39 is 0 Å². The molecule has 2 N–H and O–H groups in total. The lowest BCUT2D eigenvalue weighted by atomic mass is 9.92. The van der Waals surface area contributed by atoms with E-state index in [4.69, 9.17) is 0 Å². The van der Waals surface area contributed by atoms with Crippen LogP contribution in [-0.2, 0) is 9.59 Å². The van der Waals surface area contributed by atoms with Gasteiger partial charge in [-0.3, -0.25) is 9.59 Å². The van der Waals surface area contributed by atoms with Crippen LogP contribution in [0.5, 0.6) is 0 Å². The Morgan fingerprint density at radius 1 is 0.407 bits per heavy atom. The topological polar surface area (TPSA) is 58.2 Å². The fraction of sp³-hybridized carbons (Fsp3) is 0.920. The van der Waals surface area contributed by atoms with Crippen molar-refractivity contribution in [1.82, 2.24) is 10.6 Å². The van der Waals surface area contributed by atoms with Gasteiger partial charge in [-0.1, -0.05) is 239 Å². The highest BCUT2D eigenvalue weighted by Gasteiger charge is 2.18. The van der Waals surface area contributed by atoms with E-state index >= 15 is 0 Å². The number of amides is 2. The summed E-state index contributed by atoms with van der Waals surface area (Å²) < 4.78 is 0. The van der Waals surface area contributed by atoms with Gasteiger partial charge in [-0.15, -0.1) is 0 Å². The minimum absolute atomic E-state index is 0.0367. The molecule has 0 bridgehead atoms. The van der Waals surface area contributed by atoms with Crippen molar-refractivity contribution in [3.8, 4) is 0 Å². The molecule has 2 unspecified atom stereocenters. The first kappa shape index (κ1) is 52.7. The first-order valence-corrected chi connectivity index (χ1v) is 24.7. The molecule has 0 aromatic carbocycles. The minimum Gasteiger partial charge on any atom is -0.355 e. The molecule has 0 aromatic heterocycles. The molecule has 0 radical (unpaired) electrons. The summed E-state index contributed by atoms with van der Waals surface area (Å²) in [7, 11) is 0. The molecule has 0 heterocycles. The maximum absolute atomic E-state index is 13.3. The van der Waals surface area contributed by atoms with Crippen LogP contribution >= 0.6 is 0 Å². The summed E-state index contributed by atoms with van der Waals surface area (Å²) in [4.78, 5) is 25.8. The number of hydrogen-bond acceptors (Lipinski definition) is 2. The third kappa shape index (κ3) is 40.3. The molecule has 0 fully saturated rings. The fourth-order valence-corrected chi connectivity index (χ4v) is 7.91. The number of rotatable bonds is 44.